The lowest BCUT2D eigenvalue weighted by molar-refractivity contribution is 0.177. The Morgan fingerprint density at radius 2 is 2.14 bits per heavy atom. The van der Waals surface area contributed by atoms with Gasteiger partial charge in [-0.1, -0.05) is 29.4 Å². The van der Waals surface area contributed by atoms with Crippen LogP contribution in [0.25, 0.3) is 0 Å². The molecule has 3 heterocycles. The molecule has 1 saturated heterocycles. The van der Waals surface area contributed by atoms with Gasteiger partial charge in [0.1, 0.15) is 0 Å². The summed E-state index contributed by atoms with van der Waals surface area (Å²) in [6.07, 6.45) is 5.60. The fourth-order valence-corrected chi connectivity index (χ4v) is 3.59. The number of aromatic nitrogens is 4. The van der Waals surface area contributed by atoms with E-state index in [1.807, 2.05) is 40.0 Å². The number of carbonyl (C=O) groups excluding carboxylic acids is 1. The number of hydrogen-bond acceptors (Lipinski definition) is 5. The SMILES string of the molecule is Cc1nc(C2CCCN(C(=O)NCc3ccccc3Cn3cccn3)C2)no1. The van der Waals surface area contributed by atoms with Crippen LogP contribution < -0.4 is 5.32 Å². The van der Waals surface area contributed by atoms with Crippen molar-refractivity contribution in [1.29, 1.82) is 0 Å². The number of hydrogen-bond donors (Lipinski definition) is 1. The highest BCUT2D eigenvalue weighted by atomic mass is 16.5. The van der Waals surface area contributed by atoms with Crippen LogP contribution in [0.2, 0.25) is 0 Å². The van der Waals surface area contributed by atoms with E-state index in [9.17, 15) is 4.79 Å². The van der Waals surface area contributed by atoms with Crippen LogP contribution >= 0.6 is 0 Å². The number of benzene rings is 1. The van der Waals surface area contributed by atoms with Gasteiger partial charge in [-0.15, -0.1) is 0 Å². The van der Waals surface area contributed by atoms with Crippen molar-refractivity contribution in [1.82, 2.24) is 30.1 Å². The minimum atomic E-state index is -0.0567. The number of piperidine rings is 1. The van der Waals surface area contributed by atoms with E-state index in [0.29, 0.717) is 31.3 Å². The lowest BCUT2D eigenvalue weighted by Crippen LogP contribution is -2.45. The number of likely N-dealkylation sites (tertiary alicyclic amines) is 1. The molecule has 1 aliphatic rings. The first-order valence-corrected chi connectivity index (χ1v) is 9.56. The van der Waals surface area contributed by atoms with Gasteiger partial charge in [0.15, 0.2) is 5.82 Å². The Hall–Kier alpha value is -3.16. The molecular formula is C20H24N6O2. The molecule has 4 rings (SSSR count). The van der Waals surface area contributed by atoms with Crippen molar-refractivity contribution in [3.8, 4) is 0 Å². The number of carbonyl (C=O) groups is 1. The van der Waals surface area contributed by atoms with Crippen LogP contribution in [0.3, 0.4) is 0 Å². The van der Waals surface area contributed by atoms with Crippen LogP contribution in [0.1, 0.15) is 41.6 Å². The Morgan fingerprint density at radius 3 is 2.89 bits per heavy atom. The van der Waals surface area contributed by atoms with Crippen molar-refractivity contribution in [2.24, 2.45) is 0 Å². The Balaban J connectivity index is 1.36. The van der Waals surface area contributed by atoms with Gasteiger partial charge < -0.3 is 14.7 Å². The molecule has 0 aliphatic carbocycles. The lowest BCUT2D eigenvalue weighted by Gasteiger charge is -2.31. The summed E-state index contributed by atoms with van der Waals surface area (Å²) in [7, 11) is 0. The summed E-state index contributed by atoms with van der Waals surface area (Å²) in [5.41, 5.74) is 2.24. The Kier molecular flexibility index (Phi) is 5.36. The number of amides is 2. The number of aryl methyl sites for hydroxylation is 1. The second-order valence-electron chi connectivity index (χ2n) is 7.09. The summed E-state index contributed by atoms with van der Waals surface area (Å²) in [4.78, 5) is 18.9. The van der Waals surface area contributed by atoms with Crippen molar-refractivity contribution in [2.75, 3.05) is 13.1 Å². The topological polar surface area (TPSA) is 89.1 Å². The van der Waals surface area contributed by atoms with Crippen LogP contribution in [0, 0.1) is 6.92 Å². The van der Waals surface area contributed by atoms with Crippen molar-refractivity contribution in [3.63, 3.8) is 0 Å². The van der Waals surface area contributed by atoms with E-state index in [2.05, 4.69) is 26.6 Å². The molecule has 2 amide bonds. The molecule has 1 atom stereocenters. The van der Waals surface area contributed by atoms with E-state index in [4.69, 9.17) is 4.52 Å². The molecule has 8 nitrogen and oxygen atoms in total. The largest absolute Gasteiger partial charge is 0.340 e. The van der Waals surface area contributed by atoms with Crippen molar-refractivity contribution in [2.45, 2.75) is 38.8 Å². The zero-order chi connectivity index (χ0) is 19.3. The molecule has 0 radical (unpaired) electrons. The summed E-state index contributed by atoms with van der Waals surface area (Å²) in [5, 5.41) is 11.3. The first-order chi connectivity index (χ1) is 13.7. The molecule has 28 heavy (non-hydrogen) atoms. The van der Waals surface area contributed by atoms with Crippen LogP contribution in [0.4, 0.5) is 4.79 Å². The van der Waals surface area contributed by atoms with E-state index < -0.39 is 0 Å². The highest BCUT2D eigenvalue weighted by Crippen LogP contribution is 2.24. The predicted molar refractivity (Wildman–Crippen MR) is 103 cm³/mol. The molecule has 8 heteroatoms. The summed E-state index contributed by atoms with van der Waals surface area (Å²) in [5.74, 6) is 1.38. The maximum absolute atomic E-state index is 12.7. The van der Waals surface area contributed by atoms with E-state index in [0.717, 1.165) is 30.5 Å². The van der Waals surface area contributed by atoms with Gasteiger partial charge in [-0.3, -0.25) is 4.68 Å². The Bertz CT molecular complexity index is 920. The van der Waals surface area contributed by atoms with Crippen molar-refractivity contribution in [3.05, 3.63) is 65.6 Å². The van der Waals surface area contributed by atoms with Crippen LogP contribution in [-0.2, 0) is 13.1 Å². The van der Waals surface area contributed by atoms with Gasteiger partial charge in [0, 0.05) is 44.9 Å². The minimum Gasteiger partial charge on any atom is -0.340 e. The molecule has 0 bridgehead atoms. The van der Waals surface area contributed by atoms with E-state index in [-0.39, 0.29) is 11.9 Å². The van der Waals surface area contributed by atoms with E-state index in [1.165, 1.54) is 0 Å². The van der Waals surface area contributed by atoms with Crippen LogP contribution in [0.15, 0.2) is 47.2 Å². The number of nitrogens with zero attached hydrogens (tertiary/aromatic N) is 5. The predicted octanol–water partition coefficient (Wildman–Crippen LogP) is 2.71. The van der Waals surface area contributed by atoms with Gasteiger partial charge in [-0.2, -0.15) is 10.1 Å². The molecule has 0 spiro atoms. The van der Waals surface area contributed by atoms with Crippen molar-refractivity contribution < 1.29 is 9.32 Å². The molecule has 1 aromatic carbocycles. The monoisotopic (exact) mass is 380 g/mol. The zero-order valence-electron chi connectivity index (χ0n) is 15.9. The third-order valence-electron chi connectivity index (χ3n) is 5.06. The quantitative estimate of drug-likeness (QED) is 0.735. The van der Waals surface area contributed by atoms with Gasteiger partial charge in [-0.05, 0) is 30.0 Å². The third-order valence-corrected chi connectivity index (χ3v) is 5.06. The van der Waals surface area contributed by atoms with Gasteiger partial charge in [0.05, 0.1) is 6.54 Å². The maximum atomic E-state index is 12.7. The number of nitrogens with one attached hydrogen (secondary N) is 1. The highest BCUT2D eigenvalue weighted by molar-refractivity contribution is 5.74. The number of urea groups is 1. The van der Waals surface area contributed by atoms with E-state index >= 15 is 0 Å². The number of rotatable bonds is 5. The smallest absolute Gasteiger partial charge is 0.317 e. The normalized spacial score (nSPS) is 16.9. The molecule has 3 aromatic rings. The minimum absolute atomic E-state index is 0.0567. The standard InChI is InChI=1S/C20H24N6O2/c1-15-23-19(24-28-15)18-8-4-10-25(13-18)20(27)21-12-16-6-2-3-7-17(16)14-26-11-5-9-22-26/h2-3,5-7,9,11,18H,4,8,10,12-14H2,1H3,(H,21,27). The second kappa shape index (κ2) is 8.24. The summed E-state index contributed by atoms with van der Waals surface area (Å²) in [6, 6.07) is 9.95. The molecule has 1 N–H and O–H groups in total. The van der Waals surface area contributed by atoms with Gasteiger partial charge in [-0.25, -0.2) is 4.79 Å². The molecule has 0 saturated carbocycles. The average molecular weight is 380 g/mol. The Morgan fingerprint density at radius 1 is 1.29 bits per heavy atom. The molecule has 1 unspecified atom stereocenters. The maximum Gasteiger partial charge on any atom is 0.317 e. The fourth-order valence-electron chi connectivity index (χ4n) is 3.59. The third kappa shape index (κ3) is 4.21. The van der Waals surface area contributed by atoms with E-state index in [1.54, 1.807) is 13.1 Å². The van der Waals surface area contributed by atoms with Gasteiger partial charge in [0.25, 0.3) is 0 Å². The summed E-state index contributed by atoms with van der Waals surface area (Å²) < 4.78 is 6.97. The molecule has 1 aliphatic heterocycles. The van der Waals surface area contributed by atoms with Crippen molar-refractivity contribution >= 4 is 6.03 Å². The van der Waals surface area contributed by atoms with Crippen LogP contribution in [0.5, 0.6) is 0 Å². The first kappa shape index (κ1) is 18.2. The van der Waals surface area contributed by atoms with Gasteiger partial charge >= 0.3 is 6.03 Å². The fraction of sp³-hybridized carbons (Fsp3) is 0.400. The van der Waals surface area contributed by atoms with Crippen LogP contribution in [-0.4, -0.2) is 43.9 Å². The first-order valence-electron chi connectivity index (χ1n) is 9.56. The second-order valence-corrected chi connectivity index (χ2v) is 7.09. The van der Waals surface area contributed by atoms with Gasteiger partial charge in [0.2, 0.25) is 5.89 Å². The molecular weight excluding hydrogens is 356 g/mol. The Labute approximate surface area is 163 Å². The summed E-state index contributed by atoms with van der Waals surface area (Å²) >= 11 is 0. The molecule has 1 fully saturated rings. The molecule has 2 aromatic heterocycles. The summed E-state index contributed by atoms with van der Waals surface area (Å²) in [6.45, 7) is 4.30. The average Bonchev–Trinajstić information content (AvgIpc) is 3.39. The highest BCUT2D eigenvalue weighted by Gasteiger charge is 2.27. The molecule has 146 valence electrons. The lowest BCUT2D eigenvalue weighted by atomic mass is 9.97. The zero-order valence-corrected chi connectivity index (χ0v) is 15.9.